The number of nitrogens with zero attached hydrogens (tertiary/aromatic N) is 2. The first-order chi connectivity index (χ1) is 11.0. The Morgan fingerprint density at radius 1 is 1.26 bits per heavy atom. The van der Waals surface area contributed by atoms with Crippen molar-refractivity contribution in [1.82, 2.24) is 10.2 Å². The molecule has 23 heavy (non-hydrogen) atoms. The van der Waals surface area contributed by atoms with E-state index in [1.54, 1.807) is 31.2 Å². The average molecular weight is 356 g/mol. The molecule has 1 aromatic carbocycles. The third-order valence-corrected chi connectivity index (χ3v) is 3.66. The highest BCUT2D eigenvalue weighted by Crippen LogP contribution is 2.14. The lowest BCUT2D eigenvalue weighted by Crippen LogP contribution is -2.16. The van der Waals surface area contributed by atoms with Gasteiger partial charge in [0.1, 0.15) is 0 Å². The van der Waals surface area contributed by atoms with Crippen LogP contribution in [0, 0.1) is 6.92 Å². The number of anilines is 1. The molecular weight excluding hydrogens is 342 g/mol. The van der Waals surface area contributed by atoms with Gasteiger partial charge in [0.15, 0.2) is 6.61 Å². The molecule has 1 heterocycles. The third kappa shape index (κ3) is 6.29. The van der Waals surface area contributed by atoms with Crippen molar-refractivity contribution in [1.29, 1.82) is 0 Å². The predicted octanol–water partition coefficient (Wildman–Crippen LogP) is 2.45. The SMILES string of the molecule is Cc1nnc(COC(=O)CSCC(=O)Nc2ccc(Cl)cc2)o1. The molecule has 1 N–H and O–H groups in total. The number of nitrogens with one attached hydrogen (secondary N) is 1. The molecule has 0 aliphatic heterocycles. The quantitative estimate of drug-likeness (QED) is 0.762. The number of aryl methyl sites for hydroxylation is 1. The fourth-order valence-electron chi connectivity index (χ4n) is 1.54. The number of rotatable bonds is 7. The van der Waals surface area contributed by atoms with Gasteiger partial charge in [-0.3, -0.25) is 9.59 Å². The molecule has 0 fully saturated rings. The standard InChI is InChI=1S/C14H14ClN3O4S/c1-9-17-18-13(22-9)6-21-14(20)8-23-7-12(19)16-11-4-2-10(15)3-5-11/h2-5H,6-8H2,1H3,(H,16,19). The molecule has 0 atom stereocenters. The summed E-state index contributed by atoms with van der Waals surface area (Å²) in [5.74, 6) is 0.173. The normalized spacial score (nSPS) is 10.3. The molecule has 9 heteroatoms. The van der Waals surface area contributed by atoms with Crippen molar-refractivity contribution >= 4 is 40.9 Å². The number of halogens is 1. The Morgan fingerprint density at radius 2 is 2.00 bits per heavy atom. The van der Waals surface area contributed by atoms with E-state index in [4.69, 9.17) is 20.8 Å². The number of hydrogen-bond donors (Lipinski definition) is 1. The van der Waals surface area contributed by atoms with Gasteiger partial charge in [0.25, 0.3) is 5.89 Å². The molecule has 122 valence electrons. The van der Waals surface area contributed by atoms with Crippen LogP contribution in [0.1, 0.15) is 11.8 Å². The molecule has 0 saturated carbocycles. The van der Waals surface area contributed by atoms with E-state index in [2.05, 4.69) is 15.5 Å². The van der Waals surface area contributed by atoms with Crippen LogP contribution in [0.15, 0.2) is 28.7 Å². The van der Waals surface area contributed by atoms with E-state index in [0.717, 1.165) is 11.8 Å². The van der Waals surface area contributed by atoms with Gasteiger partial charge in [-0.05, 0) is 24.3 Å². The second kappa shape index (κ2) is 8.54. The summed E-state index contributed by atoms with van der Waals surface area (Å²) in [5.41, 5.74) is 0.648. The number of esters is 1. The highest BCUT2D eigenvalue weighted by Gasteiger charge is 2.09. The molecule has 0 aliphatic carbocycles. The average Bonchev–Trinajstić information content (AvgIpc) is 2.93. The highest BCUT2D eigenvalue weighted by atomic mass is 35.5. The van der Waals surface area contributed by atoms with Crippen molar-refractivity contribution in [3.8, 4) is 0 Å². The van der Waals surface area contributed by atoms with Gasteiger partial charge < -0.3 is 14.5 Å². The summed E-state index contributed by atoms with van der Waals surface area (Å²) in [6.07, 6.45) is 0. The van der Waals surface area contributed by atoms with Gasteiger partial charge in [0.05, 0.1) is 11.5 Å². The Hall–Kier alpha value is -2.06. The fourth-order valence-corrected chi connectivity index (χ4v) is 2.27. The zero-order chi connectivity index (χ0) is 16.7. The van der Waals surface area contributed by atoms with Crippen molar-refractivity contribution in [2.45, 2.75) is 13.5 Å². The number of aromatic nitrogens is 2. The van der Waals surface area contributed by atoms with Gasteiger partial charge >= 0.3 is 5.97 Å². The Morgan fingerprint density at radius 3 is 2.65 bits per heavy atom. The zero-order valence-electron chi connectivity index (χ0n) is 12.2. The number of carbonyl (C=O) groups excluding carboxylic acids is 2. The summed E-state index contributed by atoms with van der Waals surface area (Å²) in [4.78, 5) is 23.2. The number of thioether (sulfide) groups is 1. The molecule has 7 nitrogen and oxygen atoms in total. The minimum Gasteiger partial charge on any atom is -0.455 e. The van der Waals surface area contributed by atoms with Crippen molar-refractivity contribution in [2.75, 3.05) is 16.8 Å². The summed E-state index contributed by atoms with van der Waals surface area (Å²) in [6, 6.07) is 6.76. The molecule has 2 aromatic rings. The van der Waals surface area contributed by atoms with Crippen LogP contribution in [0.5, 0.6) is 0 Å². The first-order valence-electron chi connectivity index (χ1n) is 6.60. The van der Waals surface area contributed by atoms with Gasteiger partial charge in [-0.15, -0.1) is 22.0 Å². The predicted molar refractivity (Wildman–Crippen MR) is 86.2 cm³/mol. The molecule has 0 bridgehead atoms. The first kappa shape index (κ1) is 17.3. The lowest BCUT2D eigenvalue weighted by molar-refractivity contribution is -0.142. The van der Waals surface area contributed by atoms with Gasteiger partial charge in [0.2, 0.25) is 11.8 Å². The second-order valence-corrected chi connectivity index (χ2v) is 5.85. The Bertz CT molecular complexity index is 675. The van der Waals surface area contributed by atoms with Crippen LogP contribution in [0.4, 0.5) is 5.69 Å². The van der Waals surface area contributed by atoms with E-state index in [1.165, 1.54) is 0 Å². The maximum atomic E-state index is 11.7. The summed E-state index contributed by atoms with van der Waals surface area (Å²) in [7, 11) is 0. The van der Waals surface area contributed by atoms with Crippen LogP contribution in [0.25, 0.3) is 0 Å². The zero-order valence-corrected chi connectivity index (χ0v) is 13.8. The van der Waals surface area contributed by atoms with E-state index in [9.17, 15) is 9.59 Å². The number of amides is 1. The molecule has 2 rings (SSSR count). The van der Waals surface area contributed by atoms with Crippen LogP contribution < -0.4 is 5.32 Å². The second-order valence-electron chi connectivity index (χ2n) is 4.42. The summed E-state index contributed by atoms with van der Waals surface area (Å²) in [5, 5.41) is 10.6. The van der Waals surface area contributed by atoms with Crippen molar-refractivity contribution in [3.63, 3.8) is 0 Å². The first-order valence-corrected chi connectivity index (χ1v) is 8.14. The molecule has 1 aromatic heterocycles. The van der Waals surface area contributed by atoms with E-state index in [1.807, 2.05) is 0 Å². The Labute approximate surface area is 141 Å². The molecule has 0 spiro atoms. The molecule has 0 aliphatic rings. The van der Waals surface area contributed by atoms with Crippen molar-refractivity contribution in [3.05, 3.63) is 41.1 Å². The summed E-state index contributed by atoms with van der Waals surface area (Å²) in [6.45, 7) is 1.57. The minimum atomic E-state index is -0.454. The Balaban J connectivity index is 1.62. The number of hydrogen-bond acceptors (Lipinski definition) is 7. The smallest absolute Gasteiger partial charge is 0.316 e. The summed E-state index contributed by atoms with van der Waals surface area (Å²) >= 11 is 6.91. The van der Waals surface area contributed by atoms with E-state index < -0.39 is 5.97 Å². The summed E-state index contributed by atoms with van der Waals surface area (Å²) < 4.78 is 10.0. The third-order valence-electron chi connectivity index (χ3n) is 2.51. The highest BCUT2D eigenvalue weighted by molar-refractivity contribution is 8.00. The van der Waals surface area contributed by atoms with Crippen LogP contribution >= 0.6 is 23.4 Å². The Kier molecular flexibility index (Phi) is 6.42. The van der Waals surface area contributed by atoms with Crippen LogP contribution in [-0.2, 0) is 20.9 Å². The largest absolute Gasteiger partial charge is 0.455 e. The maximum Gasteiger partial charge on any atom is 0.316 e. The molecular formula is C14H14ClN3O4S. The van der Waals surface area contributed by atoms with Gasteiger partial charge in [-0.1, -0.05) is 11.6 Å². The van der Waals surface area contributed by atoms with E-state index in [0.29, 0.717) is 16.6 Å². The van der Waals surface area contributed by atoms with Crippen LogP contribution in [0.3, 0.4) is 0 Å². The monoisotopic (exact) mass is 355 g/mol. The molecule has 0 unspecified atom stereocenters. The number of carbonyl (C=O) groups is 2. The molecule has 0 radical (unpaired) electrons. The lowest BCUT2D eigenvalue weighted by Gasteiger charge is -2.05. The van der Waals surface area contributed by atoms with Gasteiger partial charge in [0, 0.05) is 17.6 Å². The fraction of sp³-hybridized carbons (Fsp3) is 0.286. The number of benzene rings is 1. The molecule has 0 saturated heterocycles. The lowest BCUT2D eigenvalue weighted by atomic mass is 10.3. The topological polar surface area (TPSA) is 94.3 Å². The molecule has 1 amide bonds. The van der Waals surface area contributed by atoms with Crippen LogP contribution in [-0.4, -0.2) is 33.6 Å². The van der Waals surface area contributed by atoms with Crippen molar-refractivity contribution in [2.24, 2.45) is 0 Å². The number of ether oxygens (including phenoxy) is 1. The van der Waals surface area contributed by atoms with E-state index in [-0.39, 0.29) is 29.9 Å². The van der Waals surface area contributed by atoms with Crippen molar-refractivity contribution < 1.29 is 18.7 Å². The van der Waals surface area contributed by atoms with Gasteiger partial charge in [-0.25, -0.2) is 0 Å². The van der Waals surface area contributed by atoms with Gasteiger partial charge in [-0.2, -0.15) is 0 Å². The maximum absolute atomic E-state index is 11.7. The minimum absolute atomic E-state index is 0.0567. The van der Waals surface area contributed by atoms with Crippen LogP contribution in [0.2, 0.25) is 5.02 Å². The van der Waals surface area contributed by atoms with E-state index >= 15 is 0 Å².